The summed E-state index contributed by atoms with van der Waals surface area (Å²) in [5.74, 6) is -0.292. The highest BCUT2D eigenvalue weighted by molar-refractivity contribution is 5.32. The van der Waals surface area contributed by atoms with Crippen LogP contribution in [0.1, 0.15) is 36.2 Å². The Labute approximate surface area is 112 Å². The number of nitrogens with zero attached hydrogens (tertiary/aromatic N) is 3. The van der Waals surface area contributed by atoms with Crippen LogP contribution >= 0.6 is 0 Å². The average molecular weight is 262 g/mol. The molecule has 5 heteroatoms. The van der Waals surface area contributed by atoms with Crippen LogP contribution in [0, 0.1) is 12.7 Å². The zero-order valence-corrected chi connectivity index (χ0v) is 11.5. The Morgan fingerprint density at radius 3 is 2.79 bits per heavy atom. The highest BCUT2D eigenvalue weighted by atomic mass is 19.1. The molecule has 0 radical (unpaired) electrons. The van der Waals surface area contributed by atoms with Crippen LogP contribution in [0.2, 0.25) is 0 Å². The molecule has 2 heterocycles. The summed E-state index contributed by atoms with van der Waals surface area (Å²) in [6.45, 7) is 4.85. The summed E-state index contributed by atoms with van der Waals surface area (Å²) in [7, 11) is 1.87. The summed E-state index contributed by atoms with van der Waals surface area (Å²) in [6.07, 6.45) is 5.79. The van der Waals surface area contributed by atoms with Gasteiger partial charge in [0.15, 0.2) is 0 Å². The number of rotatable bonds is 5. The minimum absolute atomic E-state index is 0.184. The summed E-state index contributed by atoms with van der Waals surface area (Å²) < 4.78 is 15.7. The molecule has 2 aromatic heterocycles. The lowest BCUT2D eigenvalue weighted by molar-refractivity contribution is 0.541. The van der Waals surface area contributed by atoms with E-state index in [2.05, 4.69) is 22.3 Å². The highest BCUT2D eigenvalue weighted by Crippen LogP contribution is 2.25. The van der Waals surface area contributed by atoms with E-state index in [1.165, 1.54) is 6.20 Å². The normalized spacial score (nSPS) is 12.6. The van der Waals surface area contributed by atoms with Gasteiger partial charge in [0.2, 0.25) is 0 Å². The molecule has 0 saturated carbocycles. The maximum Gasteiger partial charge on any atom is 0.146 e. The van der Waals surface area contributed by atoms with Crippen LogP contribution in [-0.2, 0) is 7.05 Å². The second-order valence-electron chi connectivity index (χ2n) is 4.63. The molecule has 102 valence electrons. The van der Waals surface area contributed by atoms with Crippen LogP contribution in [-0.4, -0.2) is 21.3 Å². The Balaban J connectivity index is 2.41. The van der Waals surface area contributed by atoms with Crippen LogP contribution in [0.3, 0.4) is 0 Å². The lowest BCUT2D eigenvalue weighted by Gasteiger charge is -2.19. The molecule has 0 aromatic carbocycles. The van der Waals surface area contributed by atoms with Crippen molar-refractivity contribution in [3.8, 4) is 0 Å². The lowest BCUT2D eigenvalue weighted by Crippen LogP contribution is -2.24. The number of nitrogens with one attached hydrogen (secondary N) is 1. The molecule has 1 N–H and O–H groups in total. The Hall–Kier alpha value is -1.75. The fourth-order valence-corrected chi connectivity index (χ4v) is 2.20. The van der Waals surface area contributed by atoms with Gasteiger partial charge in [-0.05, 0) is 26.0 Å². The van der Waals surface area contributed by atoms with Gasteiger partial charge in [-0.15, -0.1) is 0 Å². The van der Waals surface area contributed by atoms with Crippen LogP contribution in [0.5, 0.6) is 0 Å². The number of hydrogen-bond donors (Lipinski definition) is 1. The summed E-state index contributed by atoms with van der Waals surface area (Å²) in [4.78, 5) is 3.81. The largest absolute Gasteiger partial charge is 0.306 e. The van der Waals surface area contributed by atoms with E-state index in [1.807, 2.05) is 20.2 Å². The van der Waals surface area contributed by atoms with Crippen molar-refractivity contribution in [1.29, 1.82) is 0 Å². The predicted molar refractivity (Wildman–Crippen MR) is 72.3 cm³/mol. The maximum atomic E-state index is 14.0. The van der Waals surface area contributed by atoms with Crippen LogP contribution in [0.15, 0.2) is 24.7 Å². The molecule has 0 aliphatic carbocycles. The molecule has 0 saturated heterocycles. The van der Waals surface area contributed by atoms with E-state index in [-0.39, 0.29) is 11.9 Å². The number of halogens is 1. The van der Waals surface area contributed by atoms with E-state index < -0.39 is 0 Å². The van der Waals surface area contributed by atoms with E-state index in [4.69, 9.17) is 0 Å². The Kier molecular flexibility index (Phi) is 4.27. The SMILES string of the molecule is CCCNC(c1ccncc1F)c1cn(C)nc1C. The van der Waals surface area contributed by atoms with Crippen molar-refractivity contribution in [3.63, 3.8) is 0 Å². The first-order valence-corrected chi connectivity index (χ1v) is 6.46. The van der Waals surface area contributed by atoms with Crippen LogP contribution in [0.4, 0.5) is 4.39 Å². The fraction of sp³-hybridized carbons (Fsp3) is 0.429. The zero-order valence-electron chi connectivity index (χ0n) is 11.5. The van der Waals surface area contributed by atoms with E-state index in [1.54, 1.807) is 16.9 Å². The van der Waals surface area contributed by atoms with Crippen molar-refractivity contribution in [2.45, 2.75) is 26.3 Å². The Morgan fingerprint density at radius 2 is 2.21 bits per heavy atom. The van der Waals surface area contributed by atoms with Gasteiger partial charge in [0.1, 0.15) is 5.82 Å². The number of aryl methyl sites for hydroxylation is 2. The minimum Gasteiger partial charge on any atom is -0.306 e. The van der Waals surface area contributed by atoms with Gasteiger partial charge >= 0.3 is 0 Å². The Morgan fingerprint density at radius 1 is 1.42 bits per heavy atom. The van der Waals surface area contributed by atoms with Gasteiger partial charge in [-0.1, -0.05) is 6.92 Å². The molecule has 1 unspecified atom stereocenters. The predicted octanol–water partition coefficient (Wildman–Crippen LogP) is 2.35. The van der Waals surface area contributed by atoms with Crippen molar-refractivity contribution in [2.24, 2.45) is 7.05 Å². The van der Waals surface area contributed by atoms with E-state index in [9.17, 15) is 4.39 Å². The summed E-state index contributed by atoms with van der Waals surface area (Å²) in [6, 6.07) is 1.53. The molecule has 1 atom stereocenters. The Bertz CT molecular complexity index is 550. The van der Waals surface area contributed by atoms with Crippen molar-refractivity contribution >= 4 is 0 Å². The highest BCUT2D eigenvalue weighted by Gasteiger charge is 2.20. The third-order valence-corrected chi connectivity index (χ3v) is 3.08. The summed E-state index contributed by atoms with van der Waals surface area (Å²) in [5, 5.41) is 7.71. The smallest absolute Gasteiger partial charge is 0.146 e. The first-order chi connectivity index (χ1) is 9.13. The molecular weight excluding hydrogens is 243 g/mol. The fourth-order valence-electron chi connectivity index (χ4n) is 2.20. The number of pyridine rings is 1. The molecule has 0 amide bonds. The van der Waals surface area contributed by atoms with Crippen LogP contribution in [0.25, 0.3) is 0 Å². The van der Waals surface area contributed by atoms with Gasteiger partial charge in [0.25, 0.3) is 0 Å². The first-order valence-electron chi connectivity index (χ1n) is 6.46. The molecule has 2 aromatic rings. The van der Waals surface area contributed by atoms with Crippen LogP contribution < -0.4 is 5.32 Å². The second kappa shape index (κ2) is 5.93. The molecule has 19 heavy (non-hydrogen) atoms. The maximum absolute atomic E-state index is 14.0. The van der Waals surface area contributed by atoms with Gasteiger partial charge in [-0.3, -0.25) is 9.67 Å². The van der Waals surface area contributed by atoms with Crippen molar-refractivity contribution in [3.05, 3.63) is 47.3 Å². The molecule has 4 nitrogen and oxygen atoms in total. The zero-order chi connectivity index (χ0) is 13.8. The van der Waals surface area contributed by atoms with E-state index >= 15 is 0 Å². The van der Waals surface area contributed by atoms with E-state index in [0.29, 0.717) is 5.56 Å². The van der Waals surface area contributed by atoms with Crippen molar-refractivity contribution in [2.75, 3.05) is 6.54 Å². The van der Waals surface area contributed by atoms with Gasteiger partial charge in [-0.2, -0.15) is 5.10 Å². The molecular formula is C14H19FN4. The molecule has 0 spiro atoms. The van der Waals surface area contributed by atoms with Gasteiger partial charge < -0.3 is 5.32 Å². The number of hydrogen-bond acceptors (Lipinski definition) is 3. The minimum atomic E-state index is -0.292. The van der Waals surface area contributed by atoms with Gasteiger partial charge in [0.05, 0.1) is 17.9 Å². The van der Waals surface area contributed by atoms with E-state index in [0.717, 1.165) is 24.2 Å². The topological polar surface area (TPSA) is 42.7 Å². The molecule has 0 aliphatic rings. The monoisotopic (exact) mass is 262 g/mol. The molecule has 2 rings (SSSR count). The molecule has 0 fully saturated rings. The summed E-state index contributed by atoms with van der Waals surface area (Å²) in [5.41, 5.74) is 2.52. The van der Waals surface area contributed by atoms with Crippen molar-refractivity contribution in [1.82, 2.24) is 20.1 Å². The lowest BCUT2D eigenvalue weighted by atomic mass is 10.00. The van der Waals surface area contributed by atoms with Gasteiger partial charge in [-0.25, -0.2) is 4.39 Å². The summed E-state index contributed by atoms with van der Waals surface area (Å²) >= 11 is 0. The standard InChI is InChI=1S/C14H19FN4/c1-4-6-17-14(11-5-7-16-8-13(11)15)12-9-19(3)18-10(12)2/h5,7-9,14,17H,4,6H2,1-3H3. The molecule has 0 bridgehead atoms. The number of aromatic nitrogens is 3. The first kappa shape index (κ1) is 13.7. The van der Waals surface area contributed by atoms with Crippen molar-refractivity contribution < 1.29 is 4.39 Å². The third kappa shape index (κ3) is 2.98. The third-order valence-electron chi connectivity index (χ3n) is 3.08. The molecule has 0 aliphatic heterocycles. The van der Waals surface area contributed by atoms with Gasteiger partial charge in [0, 0.05) is 30.6 Å². The average Bonchev–Trinajstić information content (AvgIpc) is 2.71. The quantitative estimate of drug-likeness (QED) is 0.899. The second-order valence-corrected chi connectivity index (χ2v) is 4.63.